The standard InChI is InChI=1S/C23H28N6O/c1-5-30-23-18(10-8-12-26-23)19-13-20(27-14-17-9-6-7-11-25-17)22(28-15(2)3)21(29-19)16(4)24/h6-13,15,24,28H,5,14H2,1-4H3,(H,27,29). The summed E-state index contributed by atoms with van der Waals surface area (Å²) in [4.78, 5) is 13.5. The van der Waals surface area contributed by atoms with Crippen LogP contribution >= 0.6 is 0 Å². The number of anilines is 2. The van der Waals surface area contributed by atoms with Crippen LogP contribution in [0.5, 0.6) is 5.88 Å². The van der Waals surface area contributed by atoms with Crippen molar-refractivity contribution in [1.29, 1.82) is 5.41 Å². The molecule has 0 saturated heterocycles. The molecule has 156 valence electrons. The van der Waals surface area contributed by atoms with Crippen LogP contribution < -0.4 is 15.4 Å². The summed E-state index contributed by atoms with van der Waals surface area (Å²) in [7, 11) is 0. The zero-order valence-corrected chi connectivity index (χ0v) is 17.9. The molecule has 0 aromatic carbocycles. The Hall–Kier alpha value is -3.48. The highest BCUT2D eigenvalue weighted by Crippen LogP contribution is 2.34. The fourth-order valence-corrected chi connectivity index (χ4v) is 3.05. The Morgan fingerprint density at radius 1 is 1.13 bits per heavy atom. The first kappa shape index (κ1) is 21.2. The first-order chi connectivity index (χ1) is 14.5. The second kappa shape index (κ2) is 9.82. The first-order valence-electron chi connectivity index (χ1n) is 10.1. The Bertz CT molecular complexity index is 1000. The second-order valence-electron chi connectivity index (χ2n) is 7.17. The van der Waals surface area contributed by atoms with Crippen molar-refractivity contribution < 1.29 is 4.74 Å². The maximum Gasteiger partial charge on any atom is 0.222 e. The normalized spacial score (nSPS) is 10.7. The fourth-order valence-electron chi connectivity index (χ4n) is 3.05. The van der Waals surface area contributed by atoms with Crippen molar-refractivity contribution in [2.24, 2.45) is 0 Å². The number of rotatable bonds is 9. The molecular formula is C23H28N6O. The summed E-state index contributed by atoms with van der Waals surface area (Å²) >= 11 is 0. The Morgan fingerprint density at radius 3 is 2.60 bits per heavy atom. The van der Waals surface area contributed by atoms with E-state index in [1.807, 2.05) is 43.3 Å². The monoisotopic (exact) mass is 404 g/mol. The lowest BCUT2D eigenvalue weighted by Crippen LogP contribution is -2.17. The topological polar surface area (TPSA) is 95.8 Å². The SMILES string of the molecule is CCOc1ncccc1-c1cc(NCc2ccccn2)c(NC(C)C)c(C(C)=N)n1. The first-order valence-corrected chi connectivity index (χ1v) is 10.1. The summed E-state index contributed by atoms with van der Waals surface area (Å²) in [5, 5.41) is 15.2. The van der Waals surface area contributed by atoms with E-state index in [1.165, 1.54) is 0 Å². The van der Waals surface area contributed by atoms with Crippen LogP contribution in [0.1, 0.15) is 39.1 Å². The van der Waals surface area contributed by atoms with Gasteiger partial charge in [-0.3, -0.25) is 4.98 Å². The maximum absolute atomic E-state index is 8.32. The van der Waals surface area contributed by atoms with Gasteiger partial charge in [0, 0.05) is 18.4 Å². The van der Waals surface area contributed by atoms with Crippen LogP contribution in [0.3, 0.4) is 0 Å². The van der Waals surface area contributed by atoms with Gasteiger partial charge in [0.15, 0.2) is 0 Å². The minimum Gasteiger partial charge on any atom is -0.477 e. The van der Waals surface area contributed by atoms with Crippen molar-refractivity contribution in [3.05, 3.63) is 60.2 Å². The van der Waals surface area contributed by atoms with Crippen molar-refractivity contribution in [3.8, 4) is 17.1 Å². The number of nitrogens with one attached hydrogen (secondary N) is 3. The van der Waals surface area contributed by atoms with E-state index >= 15 is 0 Å². The number of aromatic nitrogens is 3. The lowest BCUT2D eigenvalue weighted by Gasteiger charge is -2.21. The van der Waals surface area contributed by atoms with Crippen molar-refractivity contribution in [3.63, 3.8) is 0 Å². The van der Waals surface area contributed by atoms with Gasteiger partial charge in [0.1, 0.15) is 5.69 Å². The fraction of sp³-hybridized carbons (Fsp3) is 0.304. The Labute approximate surface area is 177 Å². The van der Waals surface area contributed by atoms with Crippen LogP contribution in [0.4, 0.5) is 11.4 Å². The molecule has 0 fully saturated rings. The molecule has 0 saturated carbocycles. The number of nitrogens with zero attached hydrogens (tertiary/aromatic N) is 3. The number of hydrogen-bond acceptors (Lipinski definition) is 7. The van der Waals surface area contributed by atoms with Gasteiger partial charge in [-0.15, -0.1) is 0 Å². The molecule has 0 amide bonds. The minimum absolute atomic E-state index is 0.184. The molecule has 0 radical (unpaired) electrons. The highest BCUT2D eigenvalue weighted by molar-refractivity contribution is 6.03. The van der Waals surface area contributed by atoms with Gasteiger partial charge >= 0.3 is 0 Å². The van der Waals surface area contributed by atoms with E-state index in [-0.39, 0.29) is 6.04 Å². The van der Waals surface area contributed by atoms with Crippen LogP contribution in [0.15, 0.2) is 48.8 Å². The van der Waals surface area contributed by atoms with Crippen LogP contribution in [0.2, 0.25) is 0 Å². The molecule has 0 atom stereocenters. The smallest absolute Gasteiger partial charge is 0.222 e. The molecule has 0 bridgehead atoms. The maximum atomic E-state index is 8.32. The lowest BCUT2D eigenvalue weighted by molar-refractivity contribution is 0.328. The number of pyridine rings is 3. The van der Waals surface area contributed by atoms with Crippen LogP contribution in [-0.2, 0) is 6.54 Å². The third-order valence-corrected chi connectivity index (χ3v) is 4.32. The molecule has 0 aliphatic heterocycles. The third-order valence-electron chi connectivity index (χ3n) is 4.32. The average molecular weight is 405 g/mol. The Morgan fingerprint density at radius 2 is 1.93 bits per heavy atom. The van der Waals surface area contributed by atoms with E-state index in [2.05, 4.69) is 34.4 Å². The number of ether oxygens (including phenoxy) is 1. The molecule has 30 heavy (non-hydrogen) atoms. The van der Waals surface area contributed by atoms with Gasteiger partial charge < -0.3 is 20.8 Å². The molecule has 0 aliphatic rings. The number of hydrogen-bond donors (Lipinski definition) is 3. The highest BCUT2D eigenvalue weighted by atomic mass is 16.5. The molecule has 7 nitrogen and oxygen atoms in total. The Balaban J connectivity index is 2.10. The summed E-state index contributed by atoms with van der Waals surface area (Å²) in [5.74, 6) is 0.529. The predicted molar refractivity (Wildman–Crippen MR) is 121 cm³/mol. The molecule has 3 aromatic rings. The molecule has 0 unspecified atom stereocenters. The lowest BCUT2D eigenvalue weighted by atomic mass is 10.1. The van der Waals surface area contributed by atoms with Crippen molar-refractivity contribution in [2.45, 2.75) is 40.3 Å². The summed E-state index contributed by atoms with van der Waals surface area (Å²) in [5.41, 5.74) is 5.05. The largest absolute Gasteiger partial charge is 0.477 e. The Kier molecular flexibility index (Phi) is 6.95. The van der Waals surface area contributed by atoms with Gasteiger partial charge in [0.05, 0.1) is 47.2 Å². The molecule has 7 heteroatoms. The van der Waals surface area contributed by atoms with Gasteiger partial charge in [-0.2, -0.15) is 0 Å². The van der Waals surface area contributed by atoms with Gasteiger partial charge in [-0.25, -0.2) is 9.97 Å². The third kappa shape index (κ3) is 5.11. The van der Waals surface area contributed by atoms with E-state index in [1.54, 1.807) is 19.3 Å². The molecule has 3 heterocycles. The van der Waals surface area contributed by atoms with Crippen LogP contribution in [0.25, 0.3) is 11.3 Å². The van der Waals surface area contributed by atoms with Crippen molar-refractivity contribution in [2.75, 3.05) is 17.2 Å². The van der Waals surface area contributed by atoms with E-state index < -0.39 is 0 Å². The quantitative estimate of drug-likeness (QED) is 0.445. The van der Waals surface area contributed by atoms with Crippen LogP contribution in [-0.4, -0.2) is 33.3 Å². The molecule has 3 rings (SSSR count). The van der Waals surface area contributed by atoms with Crippen molar-refractivity contribution >= 4 is 17.1 Å². The minimum atomic E-state index is 0.184. The van der Waals surface area contributed by atoms with Crippen molar-refractivity contribution in [1.82, 2.24) is 15.0 Å². The van der Waals surface area contributed by atoms with Gasteiger partial charge in [0.25, 0.3) is 0 Å². The zero-order chi connectivity index (χ0) is 21.5. The molecule has 3 aromatic heterocycles. The predicted octanol–water partition coefficient (Wildman–Crippen LogP) is 4.76. The molecule has 0 aliphatic carbocycles. The van der Waals surface area contributed by atoms with Gasteiger partial charge in [-0.1, -0.05) is 6.07 Å². The zero-order valence-electron chi connectivity index (χ0n) is 17.9. The van der Waals surface area contributed by atoms with E-state index in [0.717, 1.165) is 22.6 Å². The molecule has 0 spiro atoms. The summed E-state index contributed by atoms with van der Waals surface area (Å²) in [6.45, 7) is 8.86. The van der Waals surface area contributed by atoms with E-state index in [0.29, 0.717) is 36.1 Å². The van der Waals surface area contributed by atoms with Gasteiger partial charge in [0.2, 0.25) is 5.88 Å². The molecule has 3 N–H and O–H groups in total. The average Bonchev–Trinajstić information content (AvgIpc) is 2.73. The molecular weight excluding hydrogens is 376 g/mol. The highest BCUT2D eigenvalue weighted by Gasteiger charge is 2.18. The summed E-state index contributed by atoms with van der Waals surface area (Å²) in [6.07, 6.45) is 3.48. The van der Waals surface area contributed by atoms with E-state index in [4.69, 9.17) is 15.1 Å². The second-order valence-corrected chi connectivity index (χ2v) is 7.17. The van der Waals surface area contributed by atoms with Crippen LogP contribution in [0, 0.1) is 5.41 Å². The van der Waals surface area contributed by atoms with E-state index in [9.17, 15) is 0 Å². The van der Waals surface area contributed by atoms with Gasteiger partial charge in [-0.05, 0) is 58.0 Å². The summed E-state index contributed by atoms with van der Waals surface area (Å²) in [6, 6.07) is 11.8. The summed E-state index contributed by atoms with van der Waals surface area (Å²) < 4.78 is 5.70.